The van der Waals surface area contributed by atoms with E-state index < -0.39 is 11.9 Å². The quantitative estimate of drug-likeness (QED) is 0.492. The van der Waals surface area contributed by atoms with Gasteiger partial charge in [0.15, 0.2) is 12.4 Å². The Morgan fingerprint density at radius 1 is 1.03 bits per heavy atom. The number of rotatable bonds is 8. The van der Waals surface area contributed by atoms with Gasteiger partial charge in [0, 0.05) is 24.2 Å². The molecule has 1 aliphatic rings. The van der Waals surface area contributed by atoms with Crippen molar-refractivity contribution in [3.05, 3.63) is 59.2 Å². The van der Waals surface area contributed by atoms with Crippen LogP contribution in [0, 0.1) is 5.92 Å². The number of benzene rings is 2. The normalized spacial score (nSPS) is 15.9. The van der Waals surface area contributed by atoms with Gasteiger partial charge in [-0.05, 0) is 48.2 Å². The van der Waals surface area contributed by atoms with Gasteiger partial charge < -0.3 is 14.4 Å². The SMILES string of the molecule is CCc1cccc(CC)c1N1C[C@@H](C(=O)OCC(=O)c2ccc(OC)cc2)CC1=O. The number of ketones is 1. The molecule has 3 rings (SSSR count). The van der Waals surface area contributed by atoms with Crippen LogP contribution in [0.2, 0.25) is 0 Å². The fraction of sp³-hybridized carbons (Fsp3) is 0.375. The van der Waals surface area contributed by atoms with Gasteiger partial charge in [-0.15, -0.1) is 0 Å². The minimum Gasteiger partial charge on any atom is -0.497 e. The lowest BCUT2D eigenvalue weighted by atomic mass is 10.0. The zero-order valence-electron chi connectivity index (χ0n) is 17.6. The summed E-state index contributed by atoms with van der Waals surface area (Å²) >= 11 is 0. The molecule has 0 bridgehead atoms. The van der Waals surface area contributed by atoms with E-state index in [2.05, 4.69) is 13.8 Å². The number of aryl methyl sites for hydroxylation is 2. The number of ether oxygens (including phenoxy) is 2. The van der Waals surface area contributed by atoms with Gasteiger partial charge in [-0.3, -0.25) is 14.4 Å². The van der Waals surface area contributed by atoms with Crippen molar-refractivity contribution in [3.8, 4) is 5.75 Å². The minimum atomic E-state index is -0.573. The van der Waals surface area contributed by atoms with E-state index in [0.717, 1.165) is 29.7 Å². The van der Waals surface area contributed by atoms with E-state index in [0.29, 0.717) is 11.3 Å². The summed E-state index contributed by atoms with van der Waals surface area (Å²) in [5.74, 6) is -0.826. The summed E-state index contributed by atoms with van der Waals surface area (Å²) in [6.45, 7) is 4.03. The Morgan fingerprint density at radius 2 is 1.67 bits per heavy atom. The van der Waals surface area contributed by atoms with Gasteiger partial charge in [-0.2, -0.15) is 0 Å². The summed E-state index contributed by atoms with van der Waals surface area (Å²) in [4.78, 5) is 39.2. The Bertz CT molecular complexity index is 913. The van der Waals surface area contributed by atoms with Crippen LogP contribution in [0.4, 0.5) is 5.69 Å². The first-order valence-corrected chi connectivity index (χ1v) is 10.2. The molecule has 158 valence electrons. The Balaban J connectivity index is 1.65. The average molecular weight is 409 g/mol. The molecule has 2 aromatic carbocycles. The van der Waals surface area contributed by atoms with Crippen molar-refractivity contribution in [1.29, 1.82) is 0 Å². The number of amides is 1. The van der Waals surface area contributed by atoms with Gasteiger partial charge in [0.2, 0.25) is 5.91 Å². The van der Waals surface area contributed by atoms with Gasteiger partial charge >= 0.3 is 5.97 Å². The van der Waals surface area contributed by atoms with Gasteiger partial charge in [-0.25, -0.2) is 0 Å². The molecule has 1 aliphatic heterocycles. The third kappa shape index (κ3) is 4.53. The number of Topliss-reactive ketones (excluding diaryl/α,β-unsaturated/α-hetero) is 1. The molecule has 0 aromatic heterocycles. The smallest absolute Gasteiger partial charge is 0.311 e. The predicted molar refractivity (Wildman–Crippen MR) is 114 cm³/mol. The van der Waals surface area contributed by atoms with Crippen LogP contribution in [0.1, 0.15) is 41.8 Å². The van der Waals surface area contributed by atoms with Crippen LogP contribution in [0.5, 0.6) is 5.75 Å². The van der Waals surface area contributed by atoms with E-state index in [1.54, 1.807) is 36.3 Å². The number of nitrogens with zero attached hydrogens (tertiary/aromatic N) is 1. The van der Waals surface area contributed by atoms with Crippen molar-refractivity contribution in [2.45, 2.75) is 33.1 Å². The number of esters is 1. The number of carbonyl (C=O) groups is 3. The molecule has 6 heteroatoms. The number of methoxy groups -OCH3 is 1. The standard InChI is InChI=1S/C24H27NO5/c1-4-16-7-6-8-17(5-2)23(16)25-14-19(13-22(25)27)24(28)30-15-21(26)18-9-11-20(29-3)12-10-18/h6-12,19H,4-5,13-15H2,1-3H3/t19-/m0/s1. The number of para-hydroxylation sites is 1. The molecule has 2 aromatic rings. The van der Waals surface area contributed by atoms with Crippen LogP contribution in [0.25, 0.3) is 0 Å². The third-order valence-electron chi connectivity index (χ3n) is 5.45. The minimum absolute atomic E-state index is 0.0889. The first-order valence-electron chi connectivity index (χ1n) is 10.2. The molecular formula is C24H27NO5. The van der Waals surface area contributed by atoms with Crippen molar-refractivity contribution < 1.29 is 23.9 Å². The van der Waals surface area contributed by atoms with E-state index in [4.69, 9.17) is 9.47 Å². The van der Waals surface area contributed by atoms with Crippen molar-refractivity contribution in [2.75, 3.05) is 25.2 Å². The Kier molecular flexibility index (Phi) is 6.87. The highest BCUT2D eigenvalue weighted by Crippen LogP contribution is 2.32. The lowest BCUT2D eigenvalue weighted by Gasteiger charge is -2.23. The van der Waals surface area contributed by atoms with Gasteiger partial charge in [0.05, 0.1) is 13.0 Å². The number of carbonyl (C=O) groups excluding carboxylic acids is 3. The van der Waals surface area contributed by atoms with Crippen molar-refractivity contribution in [1.82, 2.24) is 0 Å². The molecule has 0 aliphatic carbocycles. The molecule has 0 saturated carbocycles. The van der Waals surface area contributed by atoms with Crippen LogP contribution in [-0.2, 0) is 27.2 Å². The lowest BCUT2D eigenvalue weighted by molar-refractivity contribution is -0.147. The van der Waals surface area contributed by atoms with Crippen molar-refractivity contribution >= 4 is 23.3 Å². The molecule has 30 heavy (non-hydrogen) atoms. The fourth-order valence-electron chi connectivity index (χ4n) is 3.76. The molecule has 1 saturated heterocycles. The maximum Gasteiger partial charge on any atom is 0.311 e. The summed E-state index contributed by atoms with van der Waals surface area (Å²) in [5, 5.41) is 0. The maximum atomic E-state index is 12.7. The topological polar surface area (TPSA) is 72.9 Å². The van der Waals surface area contributed by atoms with Gasteiger partial charge in [0.25, 0.3) is 0 Å². The van der Waals surface area contributed by atoms with E-state index in [9.17, 15) is 14.4 Å². The fourth-order valence-corrected chi connectivity index (χ4v) is 3.76. The van der Waals surface area contributed by atoms with Crippen LogP contribution in [-0.4, -0.2) is 37.9 Å². The second-order valence-corrected chi connectivity index (χ2v) is 7.30. The Hall–Kier alpha value is -3.15. The molecule has 0 unspecified atom stereocenters. The summed E-state index contributed by atoms with van der Waals surface area (Å²) in [7, 11) is 1.55. The second-order valence-electron chi connectivity index (χ2n) is 7.30. The number of hydrogen-bond donors (Lipinski definition) is 0. The molecule has 1 heterocycles. The van der Waals surface area contributed by atoms with Crippen LogP contribution in [0.3, 0.4) is 0 Å². The zero-order chi connectivity index (χ0) is 21.7. The first kappa shape index (κ1) is 21.6. The highest BCUT2D eigenvalue weighted by atomic mass is 16.5. The monoisotopic (exact) mass is 409 g/mol. The average Bonchev–Trinajstić information content (AvgIpc) is 3.17. The largest absolute Gasteiger partial charge is 0.497 e. The maximum absolute atomic E-state index is 12.7. The highest BCUT2D eigenvalue weighted by molar-refractivity contribution is 6.01. The van der Waals surface area contributed by atoms with E-state index in [1.807, 2.05) is 18.2 Å². The summed E-state index contributed by atoms with van der Waals surface area (Å²) < 4.78 is 10.3. The molecule has 0 spiro atoms. The molecule has 1 fully saturated rings. The third-order valence-corrected chi connectivity index (χ3v) is 5.45. The highest BCUT2D eigenvalue weighted by Gasteiger charge is 2.37. The Labute approximate surface area is 176 Å². The van der Waals surface area contributed by atoms with Crippen molar-refractivity contribution in [2.24, 2.45) is 5.92 Å². The van der Waals surface area contributed by atoms with Crippen LogP contribution in [0.15, 0.2) is 42.5 Å². The second kappa shape index (κ2) is 9.57. The Morgan fingerprint density at radius 3 is 2.23 bits per heavy atom. The number of hydrogen-bond acceptors (Lipinski definition) is 5. The molecule has 1 atom stereocenters. The first-order chi connectivity index (χ1) is 14.5. The van der Waals surface area contributed by atoms with Crippen LogP contribution >= 0.6 is 0 Å². The zero-order valence-corrected chi connectivity index (χ0v) is 17.6. The summed E-state index contributed by atoms with van der Waals surface area (Å²) in [5.41, 5.74) is 3.53. The molecule has 6 nitrogen and oxygen atoms in total. The lowest BCUT2D eigenvalue weighted by Crippen LogP contribution is -2.29. The van der Waals surface area contributed by atoms with Crippen LogP contribution < -0.4 is 9.64 Å². The van der Waals surface area contributed by atoms with Crippen molar-refractivity contribution in [3.63, 3.8) is 0 Å². The summed E-state index contributed by atoms with van der Waals surface area (Å²) in [6.07, 6.45) is 1.70. The molecule has 0 N–H and O–H groups in total. The molecule has 1 amide bonds. The summed E-state index contributed by atoms with van der Waals surface area (Å²) in [6, 6.07) is 12.6. The molecular weight excluding hydrogens is 382 g/mol. The van der Waals surface area contributed by atoms with E-state index >= 15 is 0 Å². The van der Waals surface area contributed by atoms with E-state index in [-0.39, 0.29) is 31.3 Å². The predicted octanol–water partition coefficient (Wildman–Crippen LogP) is 3.60. The van der Waals surface area contributed by atoms with E-state index in [1.165, 1.54) is 0 Å². The van der Waals surface area contributed by atoms with Gasteiger partial charge in [0.1, 0.15) is 5.75 Å². The van der Waals surface area contributed by atoms with Gasteiger partial charge in [-0.1, -0.05) is 32.0 Å². The number of anilines is 1. The molecule has 0 radical (unpaired) electrons.